The van der Waals surface area contributed by atoms with Crippen LogP contribution in [0.15, 0.2) is 18.2 Å². The van der Waals surface area contributed by atoms with E-state index in [1.807, 2.05) is 6.07 Å². The number of morpholine rings is 1. The monoisotopic (exact) mass is 272 g/mol. The topological polar surface area (TPSA) is 24.5 Å². The summed E-state index contributed by atoms with van der Waals surface area (Å²) >= 11 is 5.88. The molecule has 18 heavy (non-hydrogen) atoms. The van der Waals surface area contributed by atoms with Crippen LogP contribution in [-0.2, 0) is 11.3 Å². The van der Waals surface area contributed by atoms with Gasteiger partial charge in [0.1, 0.15) is 5.82 Å². The first kappa shape index (κ1) is 13.7. The Labute approximate surface area is 112 Å². The van der Waals surface area contributed by atoms with E-state index in [-0.39, 0.29) is 10.8 Å². The SMILES string of the molecule is Fc1cccc(CNCCN2CCOCC2)c1Cl. The molecule has 1 aromatic carbocycles. The molecule has 0 aromatic heterocycles. The second-order valence-corrected chi connectivity index (χ2v) is 4.72. The first-order valence-corrected chi connectivity index (χ1v) is 6.59. The third-order valence-corrected chi connectivity index (χ3v) is 3.48. The highest BCUT2D eigenvalue weighted by molar-refractivity contribution is 6.31. The summed E-state index contributed by atoms with van der Waals surface area (Å²) in [7, 11) is 0. The molecule has 100 valence electrons. The summed E-state index contributed by atoms with van der Waals surface area (Å²) in [6.45, 7) is 6.06. The highest BCUT2D eigenvalue weighted by Crippen LogP contribution is 2.19. The van der Waals surface area contributed by atoms with Gasteiger partial charge in [-0.1, -0.05) is 23.7 Å². The van der Waals surface area contributed by atoms with Crippen molar-refractivity contribution in [1.82, 2.24) is 10.2 Å². The van der Waals surface area contributed by atoms with Crippen LogP contribution in [0.5, 0.6) is 0 Å². The number of halogens is 2. The Hall–Kier alpha value is -0.680. The van der Waals surface area contributed by atoms with Crippen molar-refractivity contribution in [3.63, 3.8) is 0 Å². The predicted molar refractivity (Wildman–Crippen MR) is 70.4 cm³/mol. The summed E-state index contributed by atoms with van der Waals surface area (Å²) in [5.74, 6) is -0.357. The standard InChI is InChI=1S/C13H18ClFN2O/c14-13-11(2-1-3-12(13)15)10-16-4-5-17-6-8-18-9-7-17/h1-3,16H,4-10H2. The van der Waals surface area contributed by atoms with Gasteiger partial charge in [-0.2, -0.15) is 0 Å². The van der Waals surface area contributed by atoms with Crippen molar-refractivity contribution in [3.8, 4) is 0 Å². The van der Waals surface area contributed by atoms with Crippen molar-refractivity contribution < 1.29 is 9.13 Å². The van der Waals surface area contributed by atoms with Gasteiger partial charge in [-0.05, 0) is 11.6 Å². The van der Waals surface area contributed by atoms with E-state index < -0.39 is 0 Å². The van der Waals surface area contributed by atoms with Crippen molar-refractivity contribution in [2.45, 2.75) is 6.54 Å². The molecule has 0 saturated carbocycles. The number of nitrogens with one attached hydrogen (secondary N) is 1. The Kier molecular flexibility index (Phi) is 5.38. The highest BCUT2D eigenvalue weighted by Gasteiger charge is 2.09. The largest absolute Gasteiger partial charge is 0.379 e. The molecular weight excluding hydrogens is 255 g/mol. The Morgan fingerprint density at radius 1 is 1.33 bits per heavy atom. The Morgan fingerprint density at radius 3 is 2.89 bits per heavy atom. The van der Waals surface area contributed by atoms with E-state index in [1.54, 1.807) is 6.07 Å². The van der Waals surface area contributed by atoms with Crippen LogP contribution in [0.1, 0.15) is 5.56 Å². The lowest BCUT2D eigenvalue weighted by Crippen LogP contribution is -2.40. The molecule has 1 fully saturated rings. The summed E-state index contributed by atoms with van der Waals surface area (Å²) in [5, 5.41) is 3.50. The van der Waals surface area contributed by atoms with Crippen LogP contribution in [0.3, 0.4) is 0 Å². The summed E-state index contributed by atoms with van der Waals surface area (Å²) in [4.78, 5) is 2.35. The Morgan fingerprint density at radius 2 is 2.11 bits per heavy atom. The van der Waals surface area contributed by atoms with Gasteiger partial charge >= 0.3 is 0 Å². The fourth-order valence-electron chi connectivity index (χ4n) is 1.97. The van der Waals surface area contributed by atoms with Crippen molar-refractivity contribution in [3.05, 3.63) is 34.6 Å². The van der Waals surface area contributed by atoms with Gasteiger partial charge in [0.15, 0.2) is 0 Å². The van der Waals surface area contributed by atoms with Crippen LogP contribution in [0.25, 0.3) is 0 Å². The highest BCUT2D eigenvalue weighted by atomic mass is 35.5. The van der Waals surface area contributed by atoms with Crippen molar-refractivity contribution in [1.29, 1.82) is 0 Å². The molecule has 1 aromatic rings. The molecular formula is C13H18ClFN2O. The lowest BCUT2D eigenvalue weighted by atomic mass is 10.2. The molecule has 5 heteroatoms. The Balaban J connectivity index is 1.70. The van der Waals surface area contributed by atoms with Crippen LogP contribution in [-0.4, -0.2) is 44.3 Å². The molecule has 1 heterocycles. The molecule has 0 amide bonds. The van der Waals surface area contributed by atoms with Gasteiger partial charge in [-0.25, -0.2) is 4.39 Å². The zero-order valence-electron chi connectivity index (χ0n) is 10.3. The van der Waals surface area contributed by atoms with Crippen molar-refractivity contribution in [2.75, 3.05) is 39.4 Å². The zero-order valence-corrected chi connectivity index (χ0v) is 11.0. The van der Waals surface area contributed by atoms with E-state index in [4.69, 9.17) is 16.3 Å². The molecule has 0 unspecified atom stereocenters. The predicted octanol–water partition coefficient (Wildman–Crippen LogP) is 1.90. The van der Waals surface area contributed by atoms with Crippen LogP contribution < -0.4 is 5.32 Å². The van der Waals surface area contributed by atoms with Crippen molar-refractivity contribution >= 4 is 11.6 Å². The maximum Gasteiger partial charge on any atom is 0.142 e. The summed E-state index contributed by atoms with van der Waals surface area (Å²) in [6, 6.07) is 4.90. The summed E-state index contributed by atoms with van der Waals surface area (Å²) in [5.41, 5.74) is 0.804. The molecule has 1 saturated heterocycles. The number of rotatable bonds is 5. The van der Waals surface area contributed by atoms with E-state index in [0.717, 1.165) is 45.0 Å². The lowest BCUT2D eigenvalue weighted by Gasteiger charge is -2.26. The lowest BCUT2D eigenvalue weighted by molar-refractivity contribution is 0.0384. The molecule has 2 rings (SSSR count). The van der Waals surface area contributed by atoms with Gasteiger partial charge in [0, 0.05) is 32.7 Å². The average molecular weight is 273 g/mol. The van der Waals surface area contributed by atoms with E-state index in [9.17, 15) is 4.39 Å². The molecule has 0 bridgehead atoms. The fraction of sp³-hybridized carbons (Fsp3) is 0.538. The zero-order chi connectivity index (χ0) is 12.8. The first-order valence-electron chi connectivity index (χ1n) is 6.21. The molecule has 3 nitrogen and oxygen atoms in total. The number of hydrogen-bond donors (Lipinski definition) is 1. The van der Waals surface area contributed by atoms with E-state index in [1.165, 1.54) is 6.07 Å². The maximum absolute atomic E-state index is 13.2. The number of benzene rings is 1. The van der Waals surface area contributed by atoms with E-state index >= 15 is 0 Å². The second-order valence-electron chi connectivity index (χ2n) is 4.34. The van der Waals surface area contributed by atoms with E-state index in [0.29, 0.717) is 6.54 Å². The van der Waals surface area contributed by atoms with Crippen LogP contribution in [0.4, 0.5) is 4.39 Å². The summed E-state index contributed by atoms with van der Waals surface area (Å²) < 4.78 is 18.5. The first-order chi connectivity index (χ1) is 8.77. The number of hydrogen-bond acceptors (Lipinski definition) is 3. The van der Waals surface area contributed by atoms with Crippen LogP contribution in [0.2, 0.25) is 5.02 Å². The van der Waals surface area contributed by atoms with Crippen molar-refractivity contribution in [2.24, 2.45) is 0 Å². The fourth-order valence-corrected chi connectivity index (χ4v) is 2.16. The van der Waals surface area contributed by atoms with Crippen LogP contribution in [0, 0.1) is 5.82 Å². The maximum atomic E-state index is 13.2. The molecule has 0 atom stereocenters. The van der Waals surface area contributed by atoms with Gasteiger partial charge in [-0.15, -0.1) is 0 Å². The molecule has 0 aliphatic carbocycles. The van der Waals surface area contributed by atoms with Gasteiger partial charge < -0.3 is 10.1 Å². The second kappa shape index (κ2) is 7.04. The molecule has 1 N–H and O–H groups in total. The third kappa shape index (κ3) is 3.92. The normalized spacial score (nSPS) is 17.0. The van der Waals surface area contributed by atoms with Gasteiger partial charge in [-0.3, -0.25) is 4.90 Å². The van der Waals surface area contributed by atoms with Gasteiger partial charge in [0.2, 0.25) is 0 Å². The quantitative estimate of drug-likeness (QED) is 0.829. The van der Waals surface area contributed by atoms with E-state index in [2.05, 4.69) is 10.2 Å². The minimum atomic E-state index is -0.357. The number of nitrogens with zero attached hydrogens (tertiary/aromatic N) is 1. The molecule has 0 spiro atoms. The third-order valence-electron chi connectivity index (χ3n) is 3.06. The minimum Gasteiger partial charge on any atom is -0.379 e. The number of ether oxygens (including phenoxy) is 1. The molecule has 1 aliphatic rings. The smallest absolute Gasteiger partial charge is 0.142 e. The molecule has 1 aliphatic heterocycles. The van der Waals surface area contributed by atoms with Crippen LogP contribution >= 0.6 is 11.6 Å². The molecule has 0 radical (unpaired) electrons. The summed E-state index contributed by atoms with van der Waals surface area (Å²) in [6.07, 6.45) is 0. The van der Waals surface area contributed by atoms with Gasteiger partial charge in [0.05, 0.1) is 18.2 Å². The average Bonchev–Trinajstić information content (AvgIpc) is 2.40. The van der Waals surface area contributed by atoms with Gasteiger partial charge in [0.25, 0.3) is 0 Å². The minimum absolute atomic E-state index is 0.219. The Bertz CT molecular complexity index is 383.